The van der Waals surface area contributed by atoms with Gasteiger partial charge < -0.3 is 4.55 Å². The Hall–Kier alpha value is -1.02. The number of nitrogens with zero attached hydrogens (tertiary/aromatic N) is 1. The summed E-state index contributed by atoms with van der Waals surface area (Å²) >= 11 is -1.07. The number of nitrogens with one attached hydrogen (secondary N) is 1. The molecule has 0 bridgehead atoms. The highest BCUT2D eigenvalue weighted by Crippen LogP contribution is 2.37. The monoisotopic (exact) mass is 262 g/mol. The van der Waals surface area contributed by atoms with Gasteiger partial charge in [-0.3, -0.25) is 0 Å². The molecule has 1 aliphatic rings. The Bertz CT molecular complexity index is 488. The molecular formula is C14H18N2OS. The van der Waals surface area contributed by atoms with Crippen LogP contribution in [0.3, 0.4) is 0 Å². The maximum atomic E-state index is 12.1. The number of fused-ring (bicyclic) bond motifs is 1. The van der Waals surface area contributed by atoms with Gasteiger partial charge in [0.25, 0.3) is 0 Å². The average Bonchev–Trinajstić information content (AvgIpc) is 2.71. The first kappa shape index (κ1) is 13.4. The SMILES string of the molecule is [C-]#[N+]c1cccc2c1CC[C@H]2N[S@+]([O-])C(C)(C)C. The van der Waals surface area contributed by atoms with E-state index in [4.69, 9.17) is 6.57 Å². The van der Waals surface area contributed by atoms with E-state index >= 15 is 0 Å². The normalized spacial score (nSPS) is 20.3. The summed E-state index contributed by atoms with van der Waals surface area (Å²) in [5, 5.41) is 0. The van der Waals surface area contributed by atoms with Crippen molar-refractivity contribution in [3.8, 4) is 0 Å². The molecule has 0 unspecified atom stereocenters. The molecule has 18 heavy (non-hydrogen) atoms. The lowest BCUT2D eigenvalue weighted by Crippen LogP contribution is -2.40. The molecule has 96 valence electrons. The predicted octanol–water partition coefficient (Wildman–Crippen LogP) is 3.28. The summed E-state index contributed by atoms with van der Waals surface area (Å²) in [7, 11) is 0. The molecule has 0 spiro atoms. The van der Waals surface area contributed by atoms with Crippen molar-refractivity contribution in [2.24, 2.45) is 0 Å². The van der Waals surface area contributed by atoms with Crippen LogP contribution in [0.4, 0.5) is 5.69 Å². The Morgan fingerprint density at radius 1 is 1.44 bits per heavy atom. The number of rotatable bonds is 2. The maximum Gasteiger partial charge on any atom is 0.190 e. The first-order valence-corrected chi connectivity index (χ1v) is 7.26. The van der Waals surface area contributed by atoms with Gasteiger partial charge in [-0.2, -0.15) is 0 Å². The van der Waals surface area contributed by atoms with Crippen LogP contribution in [0.5, 0.6) is 0 Å². The molecule has 0 saturated heterocycles. The van der Waals surface area contributed by atoms with Crippen molar-refractivity contribution in [2.75, 3.05) is 0 Å². The van der Waals surface area contributed by atoms with Crippen molar-refractivity contribution in [1.82, 2.24) is 4.72 Å². The third-order valence-electron chi connectivity index (χ3n) is 3.17. The van der Waals surface area contributed by atoms with Gasteiger partial charge in [-0.25, -0.2) is 4.85 Å². The average molecular weight is 262 g/mol. The highest BCUT2D eigenvalue weighted by Gasteiger charge is 2.33. The van der Waals surface area contributed by atoms with Crippen molar-refractivity contribution in [3.63, 3.8) is 0 Å². The van der Waals surface area contributed by atoms with Gasteiger partial charge in [-0.15, -0.1) is 4.72 Å². The lowest BCUT2D eigenvalue weighted by Gasteiger charge is -2.26. The van der Waals surface area contributed by atoms with Gasteiger partial charge in [-0.05, 0) is 44.7 Å². The highest BCUT2D eigenvalue weighted by molar-refractivity contribution is 7.90. The first-order chi connectivity index (χ1) is 8.43. The second kappa shape index (κ2) is 4.93. The molecule has 1 N–H and O–H groups in total. The molecule has 0 heterocycles. The molecule has 0 radical (unpaired) electrons. The van der Waals surface area contributed by atoms with Crippen LogP contribution in [-0.4, -0.2) is 9.30 Å². The van der Waals surface area contributed by atoms with Crippen LogP contribution in [0, 0.1) is 6.57 Å². The zero-order valence-electron chi connectivity index (χ0n) is 11.0. The van der Waals surface area contributed by atoms with Gasteiger partial charge in [0.2, 0.25) is 0 Å². The molecule has 3 nitrogen and oxygen atoms in total. The first-order valence-electron chi connectivity index (χ1n) is 6.11. The highest BCUT2D eigenvalue weighted by atomic mass is 32.2. The fourth-order valence-corrected chi connectivity index (χ4v) is 3.02. The van der Waals surface area contributed by atoms with Gasteiger partial charge in [0.05, 0.1) is 12.6 Å². The topological polar surface area (TPSA) is 39.5 Å². The lowest BCUT2D eigenvalue weighted by atomic mass is 10.1. The Morgan fingerprint density at radius 2 is 2.17 bits per heavy atom. The summed E-state index contributed by atoms with van der Waals surface area (Å²) in [6.07, 6.45) is 1.82. The van der Waals surface area contributed by atoms with E-state index in [0.717, 1.165) is 29.7 Å². The summed E-state index contributed by atoms with van der Waals surface area (Å²) in [6, 6.07) is 5.91. The van der Waals surface area contributed by atoms with E-state index in [0.29, 0.717) is 0 Å². The molecule has 0 aliphatic heterocycles. The van der Waals surface area contributed by atoms with E-state index in [1.165, 1.54) is 0 Å². The molecule has 1 aliphatic carbocycles. The van der Waals surface area contributed by atoms with Crippen LogP contribution in [-0.2, 0) is 17.8 Å². The standard InChI is InChI=1S/C14H18N2OS/c1-14(2,3)18(17)16-13-9-8-11-10(13)6-5-7-12(11)15-4/h5-7,13,16H,8-9H2,1-3H3/t13-,18-/m1/s1. The second-order valence-corrected chi connectivity index (χ2v) is 7.54. The molecule has 1 aromatic rings. The minimum atomic E-state index is -1.07. The van der Waals surface area contributed by atoms with E-state index in [-0.39, 0.29) is 10.8 Å². The fraction of sp³-hybridized carbons (Fsp3) is 0.500. The van der Waals surface area contributed by atoms with Crippen LogP contribution >= 0.6 is 0 Å². The molecule has 1 aromatic carbocycles. The van der Waals surface area contributed by atoms with E-state index in [9.17, 15) is 4.55 Å². The summed E-state index contributed by atoms with van der Waals surface area (Å²) in [5.41, 5.74) is 3.00. The lowest BCUT2D eigenvalue weighted by molar-refractivity contribution is 0.522. The van der Waals surface area contributed by atoms with Crippen molar-refractivity contribution < 1.29 is 4.55 Å². The Labute approximate surface area is 112 Å². The minimum absolute atomic E-state index is 0.113. The van der Waals surface area contributed by atoms with Crippen molar-refractivity contribution in [2.45, 2.75) is 44.4 Å². The summed E-state index contributed by atoms with van der Waals surface area (Å²) in [4.78, 5) is 3.55. The quantitative estimate of drug-likeness (QED) is 0.656. The molecule has 0 amide bonds. The van der Waals surface area contributed by atoms with Crippen LogP contribution in [0.1, 0.15) is 44.4 Å². The molecule has 0 saturated carbocycles. The number of benzene rings is 1. The fourth-order valence-electron chi connectivity index (χ4n) is 2.17. The van der Waals surface area contributed by atoms with Gasteiger partial charge in [0.1, 0.15) is 4.75 Å². The predicted molar refractivity (Wildman–Crippen MR) is 74.8 cm³/mol. The largest absolute Gasteiger partial charge is 0.598 e. The molecule has 0 fully saturated rings. The van der Waals surface area contributed by atoms with Crippen LogP contribution in [0.25, 0.3) is 4.85 Å². The van der Waals surface area contributed by atoms with Gasteiger partial charge in [0.15, 0.2) is 5.69 Å². The zero-order valence-corrected chi connectivity index (χ0v) is 11.8. The molecule has 0 aromatic heterocycles. The molecule has 2 rings (SSSR count). The Morgan fingerprint density at radius 3 is 2.78 bits per heavy atom. The number of hydrogen-bond acceptors (Lipinski definition) is 2. The zero-order chi connectivity index (χ0) is 13.3. The van der Waals surface area contributed by atoms with Gasteiger partial charge in [-0.1, -0.05) is 18.2 Å². The van der Waals surface area contributed by atoms with Crippen molar-refractivity contribution in [3.05, 3.63) is 40.7 Å². The molecule has 2 atom stereocenters. The van der Waals surface area contributed by atoms with Crippen LogP contribution in [0.2, 0.25) is 0 Å². The summed E-state index contributed by atoms with van der Waals surface area (Å²) in [6.45, 7) is 13.0. The van der Waals surface area contributed by atoms with Crippen LogP contribution in [0.15, 0.2) is 18.2 Å². The minimum Gasteiger partial charge on any atom is -0.598 e. The van der Waals surface area contributed by atoms with Crippen molar-refractivity contribution >= 4 is 17.0 Å². The molecule has 4 heteroatoms. The third-order valence-corrected chi connectivity index (χ3v) is 4.78. The maximum absolute atomic E-state index is 12.1. The van der Waals surface area contributed by atoms with Gasteiger partial charge >= 0.3 is 0 Å². The van der Waals surface area contributed by atoms with Gasteiger partial charge in [0, 0.05) is 11.4 Å². The van der Waals surface area contributed by atoms with E-state index in [2.05, 4.69) is 9.57 Å². The molecular weight excluding hydrogens is 244 g/mol. The Kier molecular flexibility index (Phi) is 3.67. The van der Waals surface area contributed by atoms with E-state index in [1.807, 2.05) is 39.0 Å². The van der Waals surface area contributed by atoms with Crippen LogP contribution < -0.4 is 4.72 Å². The van der Waals surface area contributed by atoms with E-state index in [1.54, 1.807) is 0 Å². The third kappa shape index (κ3) is 2.54. The Balaban J connectivity index is 2.21. The van der Waals surface area contributed by atoms with E-state index < -0.39 is 11.4 Å². The number of hydrogen-bond donors (Lipinski definition) is 1. The second-order valence-electron chi connectivity index (χ2n) is 5.55. The smallest absolute Gasteiger partial charge is 0.190 e. The summed E-state index contributed by atoms with van der Waals surface area (Å²) in [5.74, 6) is 0. The van der Waals surface area contributed by atoms with Crippen molar-refractivity contribution in [1.29, 1.82) is 0 Å². The summed E-state index contributed by atoms with van der Waals surface area (Å²) < 4.78 is 15.1.